The monoisotopic (exact) mass is 310 g/mol. The Kier molecular flexibility index (Phi) is 4.18. The Morgan fingerprint density at radius 2 is 2.05 bits per heavy atom. The normalized spacial score (nSPS) is 10.7. The predicted octanol–water partition coefficient (Wildman–Crippen LogP) is 2.50. The third-order valence-electron chi connectivity index (χ3n) is 3.31. The van der Waals surface area contributed by atoms with Gasteiger partial charge in [0.05, 0.1) is 29.8 Å². The van der Waals surface area contributed by atoms with E-state index in [0.29, 0.717) is 22.3 Å². The number of nitrogens with zero attached hydrogens (tertiary/aromatic N) is 2. The Morgan fingerprint density at radius 3 is 2.62 bits per heavy atom. The van der Waals surface area contributed by atoms with Crippen molar-refractivity contribution in [2.45, 2.75) is 13.8 Å². The summed E-state index contributed by atoms with van der Waals surface area (Å²) in [4.78, 5) is 27.9. The largest absolute Gasteiger partial charge is 0.465 e. The first-order chi connectivity index (χ1) is 9.93. The van der Waals surface area contributed by atoms with Crippen LogP contribution in [0.15, 0.2) is 6.20 Å². The number of halogens is 1. The van der Waals surface area contributed by atoms with Crippen molar-refractivity contribution < 1.29 is 19.1 Å². The SMILES string of the molecule is CCOC(=O)c1cnc2c(C(=O)OC)c(C)n(C)c2c1Cl. The molecule has 0 unspecified atom stereocenters. The number of pyridine rings is 1. The molecule has 0 fully saturated rings. The molecule has 0 radical (unpaired) electrons. The van der Waals surface area contributed by atoms with Crippen molar-refractivity contribution >= 4 is 34.6 Å². The summed E-state index contributed by atoms with van der Waals surface area (Å²) in [7, 11) is 3.04. The van der Waals surface area contributed by atoms with Gasteiger partial charge in [-0.1, -0.05) is 11.6 Å². The summed E-state index contributed by atoms with van der Waals surface area (Å²) in [5.74, 6) is -1.04. The number of hydrogen-bond donors (Lipinski definition) is 0. The lowest BCUT2D eigenvalue weighted by Crippen LogP contribution is -2.07. The minimum atomic E-state index is -0.546. The summed E-state index contributed by atoms with van der Waals surface area (Å²) in [5.41, 5.74) is 2.07. The molecule has 0 bridgehead atoms. The highest BCUT2D eigenvalue weighted by Crippen LogP contribution is 2.32. The van der Waals surface area contributed by atoms with Gasteiger partial charge in [-0.05, 0) is 13.8 Å². The Bertz CT molecular complexity index is 736. The number of esters is 2. The number of aromatic nitrogens is 2. The van der Waals surface area contributed by atoms with E-state index < -0.39 is 11.9 Å². The molecule has 2 rings (SSSR count). The first-order valence-corrected chi connectivity index (χ1v) is 6.70. The van der Waals surface area contributed by atoms with Crippen molar-refractivity contribution in [2.24, 2.45) is 7.05 Å². The summed E-state index contributed by atoms with van der Waals surface area (Å²) < 4.78 is 11.4. The lowest BCUT2D eigenvalue weighted by atomic mass is 10.2. The zero-order chi connectivity index (χ0) is 15.7. The number of carbonyl (C=O) groups excluding carboxylic acids is 2. The van der Waals surface area contributed by atoms with Crippen LogP contribution in [0.1, 0.15) is 33.3 Å². The van der Waals surface area contributed by atoms with E-state index >= 15 is 0 Å². The van der Waals surface area contributed by atoms with Crippen molar-refractivity contribution in [2.75, 3.05) is 13.7 Å². The highest BCUT2D eigenvalue weighted by molar-refractivity contribution is 6.38. The van der Waals surface area contributed by atoms with Crippen LogP contribution in [-0.2, 0) is 16.5 Å². The summed E-state index contributed by atoms with van der Waals surface area (Å²) >= 11 is 6.30. The molecule has 0 saturated carbocycles. The summed E-state index contributed by atoms with van der Waals surface area (Å²) in [6, 6.07) is 0. The molecule has 112 valence electrons. The first-order valence-electron chi connectivity index (χ1n) is 6.32. The van der Waals surface area contributed by atoms with Gasteiger partial charge in [-0.15, -0.1) is 0 Å². The third-order valence-corrected chi connectivity index (χ3v) is 3.70. The molecule has 21 heavy (non-hydrogen) atoms. The van der Waals surface area contributed by atoms with Crippen LogP contribution in [0.4, 0.5) is 0 Å². The van der Waals surface area contributed by atoms with Crippen LogP contribution < -0.4 is 0 Å². The van der Waals surface area contributed by atoms with Gasteiger partial charge in [-0.2, -0.15) is 0 Å². The fraction of sp³-hybridized carbons (Fsp3) is 0.357. The number of ether oxygens (including phenoxy) is 2. The highest BCUT2D eigenvalue weighted by atomic mass is 35.5. The molecular weight excluding hydrogens is 296 g/mol. The molecule has 0 saturated heterocycles. The molecule has 0 atom stereocenters. The van der Waals surface area contributed by atoms with Gasteiger partial charge in [-0.25, -0.2) is 9.59 Å². The Morgan fingerprint density at radius 1 is 1.38 bits per heavy atom. The van der Waals surface area contributed by atoms with Gasteiger partial charge < -0.3 is 14.0 Å². The van der Waals surface area contributed by atoms with Crippen molar-refractivity contribution in [1.82, 2.24) is 9.55 Å². The fourth-order valence-electron chi connectivity index (χ4n) is 2.17. The van der Waals surface area contributed by atoms with Gasteiger partial charge in [-0.3, -0.25) is 4.98 Å². The predicted molar refractivity (Wildman–Crippen MR) is 77.8 cm³/mol. The molecule has 0 aliphatic carbocycles. The number of aryl methyl sites for hydroxylation is 1. The number of carbonyl (C=O) groups is 2. The fourth-order valence-corrected chi connectivity index (χ4v) is 2.51. The van der Waals surface area contributed by atoms with E-state index in [9.17, 15) is 9.59 Å². The molecule has 7 heteroatoms. The lowest BCUT2D eigenvalue weighted by molar-refractivity contribution is 0.0525. The quantitative estimate of drug-likeness (QED) is 0.815. The van der Waals surface area contributed by atoms with Gasteiger partial charge >= 0.3 is 11.9 Å². The molecule has 2 aromatic heterocycles. The highest BCUT2D eigenvalue weighted by Gasteiger charge is 2.25. The van der Waals surface area contributed by atoms with E-state index in [0.717, 1.165) is 0 Å². The Hall–Kier alpha value is -2.08. The van der Waals surface area contributed by atoms with E-state index in [2.05, 4.69) is 4.98 Å². The average Bonchev–Trinajstić information content (AvgIpc) is 2.71. The van der Waals surface area contributed by atoms with Crippen molar-refractivity contribution in [3.8, 4) is 0 Å². The first kappa shape index (κ1) is 15.3. The van der Waals surface area contributed by atoms with Crippen LogP contribution >= 0.6 is 11.6 Å². The smallest absolute Gasteiger partial charge is 0.341 e. The van der Waals surface area contributed by atoms with Crippen molar-refractivity contribution in [1.29, 1.82) is 0 Å². The molecular formula is C14H15ClN2O4. The van der Waals surface area contributed by atoms with E-state index in [1.54, 1.807) is 25.5 Å². The minimum Gasteiger partial charge on any atom is -0.465 e. The molecule has 6 nitrogen and oxygen atoms in total. The standard InChI is InChI=1S/C14H15ClN2O4/c1-5-21-13(18)8-6-16-11-9(14(19)20-4)7(2)17(3)12(11)10(8)15/h6H,5H2,1-4H3. The molecule has 2 heterocycles. The van der Waals surface area contributed by atoms with Crippen molar-refractivity contribution in [3.63, 3.8) is 0 Å². The minimum absolute atomic E-state index is 0.169. The second-order valence-electron chi connectivity index (χ2n) is 4.41. The second-order valence-corrected chi connectivity index (χ2v) is 4.79. The molecule has 0 amide bonds. The van der Waals surface area contributed by atoms with E-state index in [4.69, 9.17) is 21.1 Å². The number of methoxy groups -OCH3 is 1. The Labute approximate surface area is 126 Å². The second kappa shape index (κ2) is 5.73. The molecule has 0 aromatic carbocycles. The van der Waals surface area contributed by atoms with Crippen molar-refractivity contribution in [3.05, 3.63) is 28.0 Å². The molecule has 0 spiro atoms. The number of rotatable bonds is 3. The summed E-state index contributed by atoms with van der Waals surface area (Å²) in [6.45, 7) is 3.71. The van der Waals surface area contributed by atoms with Crippen LogP contribution in [0.25, 0.3) is 11.0 Å². The van der Waals surface area contributed by atoms with Gasteiger partial charge in [0, 0.05) is 18.9 Å². The van der Waals surface area contributed by atoms with Crippen LogP contribution in [0.2, 0.25) is 5.02 Å². The molecule has 0 aliphatic heterocycles. The van der Waals surface area contributed by atoms with Gasteiger partial charge in [0.2, 0.25) is 0 Å². The maximum absolute atomic E-state index is 11.9. The van der Waals surface area contributed by atoms with Gasteiger partial charge in [0.15, 0.2) is 0 Å². The van der Waals surface area contributed by atoms with E-state index in [1.807, 2.05) is 0 Å². The van der Waals surface area contributed by atoms with Crippen LogP contribution in [0.5, 0.6) is 0 Å². The zero-order valence-corrected chi connectivity index (χ0v) is 12.9. The molecule has 2 aromatic rings. The van der Waals surface area contributed by atoms with Crippen LogP contribution in [-0.4, -0.2) is 35.2 Å². The van der Waals surface area contributed by atoms with Gasteiger partial charge in [0.25, 0.3) is 0 Å². The van der Waals surface area contributed by atoms with Crippen LogP contribution in [0.3, 0.4) is 0 Å². The maximum atomic E-state index is 11.9. The number of hydrogen-bond acceptors (Lipinski definition) is 5. The molecule has 0 aliphatic rings. The van der Waals surface area contributed by atoms with E-state index in [-0.39, 0.29) is 17.2 Å². The van der Waals surface area contributed by atoms with Gasteiger partial charge in [0.1, 0.15) is 11.1 Å². The van der Waals surface area contributed by atoms with E-state index in [1.165, 1.54) is 13.3 Å². The zero-order valence-electron chi connectivity index (χ0n) is 12.2. The molecule has 0 N–H and O–H groups in total. The Balaban J connectivity index is 2.75. The topological polar surface area (TPSA) is 70.4 Å². The average molecular weight is 311 g/mol. The third kappa shape index (κ3) is 2.35. The number of fused-ring (bicyclic) bond motifs is 1. The lowest BCUT2D eigenvalue weighted by Gasteiger charge is -2.06. The summed E-state index contributed by atoms with van der Waals surface area (Å²) in [5, 5.41) is 0.208. The summed E-state index contributed by atoms with van der Waals surface area (Å²) in [6.07, 6.45) is 1.31. The maximum Gasteiger partial charge on any atom is 0.341 e. The van der Waals surface area contributed by atoms with Crippen LogP contribution in [0, 0.1) is 6.92 Å².